The fourth-order valence-corrected chi connectivity index (χ4v) is 3.36. The molecule has 5 heteroatoms. The van der Waals surface area contributed by atoms with Gasteiger partial charge in [-0.2, -0.15) is 0 Å². The number of hydrogen-bond acceptors (Lipinski definition) is 3. The van der Waals surface area contributed by atoms with Gasteiger partial charge in [0.05, 0.1) is 0 Å². The second-order valence-corrected chi connectivity index (χ2v) is 6.68. The second-order valence-electron chi connectivity index (χ2n) is 5.87. The van der Waals surface area contributed by atoms with E-state index in [9.17, 15) is 0 Å². The van der Waals surface area contributed by atoms with Crippen molar-refractivity contribution in [2.24, 2.45) is 0 Å². The number of benzene rings is 1. The zero-order valence-corrected chi connectivity index (χ0v) is 14.1. The molecule has 1 atom stereocenters. The molecule has 0 N–H and O–H groups in total. The first-order valence-electron chi connectivity index (χ1n) is 7.35. The summed E-state index contributed by atoms with van der Waals surface area (Å²) < 4.78 is 2.88. The molecule has 2 aromatic rings. The first-order valence-corrected chi connectivity index (χ1v) is 8.14. The smallest absolute Gasteiger partial charge is 0.124 e. The van der Waals surface area contributed by atoms with Gasteiger partial charge in [0.2, 0.25) is 0 Å². The molecule has 4 nitrogen and oxygen atoms in total. The second kappa shape index (κ2) is 6.20. The van der Waals surface area contributed by atoms with Gasteiger partial charge in [0, 0.05) is 36.7 Å². The molecule has 2 heterocycles. The molecule has 0 radical (unpaired) electrons. The topological polar surface area (TPSA) is 24.3 Å². The molecule has 21 heavy (non-hydrogen) atoms. The minimum atomic E-state index is 0.633. The Labute approximate surface area is 134 Å². The van der Waals surface area contributed by atoms with Crippen molar-refractivity contribution >= 4 is 21.6 Å². The van der Waals surface area contributed by atoms with Crippen LogP contribution in [-0.4, -0.2) is 47.7 Å². The summed E-state index contributed by atoms with van der Waals surface area (Å²) in [5.41, 5.74) is 2.46. The van der Waals surface area contributed by atoms with E-state index in [-0.39, 0.29) is 0 Å². The number of aromatic nitrogens is 2. The van der Waals surface area contributed by atoms with Crippen molar-refractivity contribution in [3.8, 4) is 5.69 Å². The van der Waals surface area contributed by atoms with Crippen molar-refractivity contribution in [1.29, 1.82) is 0 Å². The van der Waals surface area contributed by atoms with Gasteiger partial charge in [0.1, 0.15) is 10.9 Å². The van der Waals surface area contributed by atoms with E-state index in [4.69, 9.17) is 0 Å². The molecular weight excluding hydrogens is 328 g/mol. The highest BCUT2D eigenvalue weighted by molar-refractivity contribution is 9.10. The van der Waals surface area contributed by atoms with E-state index < -0.39 is 0 Å². The van der Waals surface area contributed by atoms with Crippen LogP contribution in [0, 0.1) is 0 Å². The van der Waals surface area contributed by atoms with Gasteiger partial charge in [-0.05, 0) is 67.1 Å². The first-order chi connectivity index (χ1) is 10.1. The van der Waals surface area contributed by atoms with Gasteiger partial charge in [0.25, 0.3) is 0 Å². The van der Waals surface area contributed by atoms with Crippen molar-refractivity contribution in [1.82, 2.24) is 14.5 Å². The van der Waals surface area contributed by atoms with Crippen LogP contribution in [0.25, 0.3) is 5.69 Å². The van der Waals surface area contributed by atoms with Crippen molar-refractivity contribution in [3.63, 3.8) is 0 Å². The lowest BCUT2D eigenvalue weighted by atomic mass is 10.2. The summed E-state index contributed by atoms with van der Waals surface area (Å²) in [6.45, 7) is 2.28. The summed E-state index contributed by atoms with van der Waals surface area (Å²) in [5, 5.41) is 0. The first kappa shape index (κ1) is 14.6. The predicted octanol–water partition coefficient (Wildman–Crippen LogP) is 3.17. The van der Waals surface area contributed by atoms with Gasteiger partial charge in [0.15, 0.2) is 0 Å². The SMILES string of the molecule is CN(C)C[C@@H]1CCCN1c1ccc(-n2cnc(Br)c2)cc1. The molecule has 1 fully saturated rings. The predicted molar refractivity (Wildman–Crippen MR) is 90.2 cm³/mol. The van der Waals surface area contributed by atoms with Crippen LogP contribution in [0.4, 0.5) is 5.69 Å². The van der Waals surface area contributed by atoms with Gasteiger partial charge in [-0.25, -0.2) is 4.98 Å². The zero-order valence-electron chi connectivity index (χ0n) is 12.5. The highest BCUT2D eigenvalue weighted by atomic mass is 79.9. The molecular formula is C16H21BrN4. The summed E-state index contributed by atoms with van der Waals surface area (Å²) in [5.74, 6) is 0. The van der Waals surface area contributed by atoms with E-state index in [0.29, 0.717) is 6.04 Å². The Balaban J connectivity index is 1.77. The van der Waals surface area contributed by atoms with E-state index >= 15 is 0 Å². The summed E-state index contributed by atoms with van der Waals surface area (Å²) in [6.07, 6.45) is 6.37. The Kier molecular flexibility index (Phi) is 4.31. The van der Waals surface area contributed by atoms with Gasteiger partial charge < -0.3 is 14.4 Å². The monoisotopic (exact) mass is 348 g/mol. The van der Waals surface area contributed by atoms with Crippen LogP contribution >= 0.6 is 15.9 Å². The van der Waals surface area contributed by atoms with Crippen LogP contribution in [0.2, 0.25) is 0 Å². The molecule has 1 aliphatic rings. The highest BCUT2D eigenvalue weighted by Crippen LogP contribution is 2.27. The lowest BCUT2D eigenvalue weighted by Crippen LogP contribution is -2.37. The third-order valence-electron chi connectivity index (χ3n) is 3.98. The van der Waals surface area contributed by atoms with E-state index in [0.717, 1.165) is 23.4 Å². The average Bonchev–Trinajstić information content (AvgIpc) is 3.07. The molecule has 1 aromatic carbocycles. The number of nitrogens with zero attached hydrogens (tertiary/aromatic N) is 4. The van der Waals surface area contributed by atoms with Gasteiger partial charge >= 0.3 is 0 Å². The zero-order chi connectivity index (χ0) is 14.8. The minimum absolute atomic E-state index is 0.633. The molecule has 0 amide bonds. The van der Waals surface area contributed by atoms with Gasteiger partial charge in [-0.3, -0.25) is 0 Å². The van der Waals surface area contributed by atoms with Crippen LogP contribution in [-0.2, 0) is 0 Å². The highest BCUT2D eigenvalue weighted by Gasteiger charge is 2.24. The lowest BCUT2D eigenvalue weighted by molar-refractivity contribution is 0.372. The summed E-state index contributed by atoms with van der Waals surface area (Å²) in [6, 6.07) is 9.39. The van der Waals surface area contributed by atoms with Crippen LogP contribution in [0.1, 0.15) is 12.8 Å². The van der Waals surface area contributed by atoms with Crippen LogP contribution < -0.4 is 4.90 Å². The fourth-order valence-electron chi connectivity index (χ4n) is 3.04. The minimum Gasteiger partial charge on any atom is -0.367 e. The Hall–Kier alpha value is -1.33. The van der Waals surface area contributed by atoms with E-state index in [2.05, 4.69) is 69.1 Å². The number of likely N-dealkylation sites (N-methyl/N-ethyl adjacent to an activating group) is 1. The molecule has 3 rings (SSSR count). The van der Waals surface area contributed by atoms with Crippen molar-refractivity contribution < 1.29 is 0 Å². The maximum absolute atomic E-state index is 4.20. The van der Waals surface area contributed by atoms with Crippen LogP contribution in [0.3, 0.4) is 0 Å². The van der Waals surface area contributed by atoms with Crippen molar-refractivity contribution in [2.45, 2.75) is 18.9 Å². The number of hydrogen-bond donors (Lipinski definition) is 0. The number of rotatable bonds is 4. The molecule has 1 aliphatic heterocycles. The Bertz CT molecular complexity index is 591. The molecule has 1 saturated heterocycles. The third kappa shape index (κ3) is 3.30. The molecule has 0 spiro atoms. The molecule has 1 aromatic heterocycles. The number of imidazole rings is 1. The molecule has 0 bridgehead atoms. The largest absolute Gasteiger partial charge is 0.367 e. The van der Waals surface area contributed by atoms with Gasteiger partial charge in [-0.15, -0.1) is 0 Å². The summed E-state index contributed by atoms with van der Waals surface area (Å²) >= 11 is 3.38. The van der Waals surface area contributed by atoms with E-state index in [1.54, 1.807) is 0 Å². The van der Waals surface area contributed by atoms with Gasteiger partial charge in [-0.1, -0.05) is 0 Å². The summed E-state index contributed by atoms with van der Waals surface area (Å²) in [7, 11) is 4.30. The molecule has 0 saturated carbocycles. The Morgan fingerprint density at radius 2 is 1.95 bits per heavy atom. The van der Waals surface area contributed by atoms with E-state index in [1.165, 1.54) is 18.5 Å². The average molecular weight is 349 g/mol. The molecule has 0 unspecified atom stereocenters. The quantitative estimate of drug-likeness (QED) is 0.848. The van der Waals surface area contributed by atoms with Crippen molar-refractivity contribution in [2.75, 3.05) is 32.1 Å². The van der Waals surface area contributed by atoms with Crippen LogP contribution in [0.5, 0.6) is 0 Å². The van der Waals surface area contributed by atoms with E-state index in [1.807, 2.05) is 17.1 Å². The standard InChI is InChI=1S/C16H21BrN4/c1-19(2)10-15-4-3-9-21(15)14-7-5-13(6-8-14)20-11-16(17)18-12-20/h5-8,11-12,15H,3-4,9-10H2,1-2H3/t15-/m0/s1. The Morgan fingerprint density at radius 1 is 1.24 bits per heavy atom. The normalized spacial score (nSPS) is 18.7. The maximum Gasteiger partial charge on any atom is 0.124 e. The number of halogens is 1. The fraction of sp³-hybridized carbons (Fsp3) is 0.438. The van der Waals surface area contributed by atoms with Crippen molar-refractivity contribution in [3.05, 3.63) is 41.4 Å². The lowest BCUT2D eigenvalue weighted by Gasteiger charge is -2.29. The number of anilines is 1. The van der Waals surface area contributed by atoms with Crippen LogP contribution in [0.15, 0.2) is 41.4 Å². The Morgan fingerprint density at radius 3 is 2.57 bits per heavy atom. The third-order valence-corrected chi connectivity index (χ3v) is 4.39. The maximum atomic E-state index is 4.20. The molecule has 0 aliphatic carbocycles. The molecule has 112 valence electrons. The summed E-state index contributed by atoms with van der Waals surface area (Å²) in [4.78, 5) is 9.01.